The molecule has 0 N–H and O–H groups in total. The van der Waals surface area contributed by atoms with E-state index in [4.69, 9.17) is 0 Å². The second kappa shape index (κ2) is 6.59. The van der Waals surface area contributed by atoms with E-state index in [1.165, 1.54) is 12.1 Å². The van der Waals surface area contributed by atoms with Gasteiger partial charge in [-0.1, -0.05) is 42.5 Å². The smallest absolute Gasteiger partial charge is 0.387 e. The summed E-state index contributed by atoms with van der Waals surface area (Å²) in [5.41, 5.74) is 1.54. The van der Waals surface area contributed by atoms with Crippen LogP contribution in [0.15, 0.2) is 54.6 Å². The van der Waals surface area contributed by atoms with Gasteiger partial charge in [0.25, 0.3) is 0 Å². The van der Waals surface area contributed by atoms with Crippen molar-refractivity contribution in [2.75, 3.05) is 7.05 Å². The summed E-state index contributed by atoms with van der Waals surface area (Å²) in [4.78, 5) is 14.5. The molecule has 0 heterocycles. The van der Waals surface area contributed by atoms with Gasteiger partial charge in [0.05, 0.1) is 5.41 Å². The number of likely N-dealkylation sites (N-methyl/N-ethyl adjacent to an activating group) is 1. The van der Waals surface area contributed by atoms with Crippen LogP contribution in [-0.2, 0) is 16.8 Å². The number of rotatable bonds is 6. The van der Waals surface area contributed by atoms with Crippen molar-refractivity contribution < 1.29 is 18.3 Å². The molecule has 1 aliphatic carbocycles. The molecule has 5 heteroatoms. The largest absolute Gasteiger partial charge is 0.435 e. The van der Waals surface area contributed by atoms with Crippen molar-refractivity contribution in [3.63, 3.8) is 0 Å². The molecule has 2 aromatic carbocycles. The summed E-state index contributed by atoms with van der Waals surface area (Å²) in [5.74, 6) is 0.215. The highest BCUT2D eigenvalue weighted by Gasteiger charge is 2.52. The zero-order valence-electron chi connectivity index (χ0n) is 13.4. The van der Waals surface area contributed by atoms with E-state index in [-0.39, 0.29) is 11.7 Å². The molecule has 0 spiro atoms. The highest BCUT2D eigenvalue weighted by Crippen LogP contribution is 2.49. The highest BCUT2D eigenvalue weighted by molar-refractivity contribution is 5.91. The summed E-state index contributed by atoms with van der Waals surface area (Å²) in [6.07, 6.45) is 1.72. The van der Waals surface area contributed by atoms with Gasteiger partial charge in [0, 0.05) is 13.6 Å². The summed E-state index contributed by atoms with van der Waals surface area (Å²) in [6.45, 7) is -2.40. The van der Waals surface area contributed by atoms with E-state index >= 15 is 0 Å². The molecule has 1 aliphatic rings. The average Bonchev–Trinajstić information content (AvgIpc) is 3.38. The highest BCUT2D eigenvalue weighted by atomic mass is 19.3. The number of hydrogen-bond acceptors (Lipinski definition) is 2. The molecule has 3 rings (SSSR count). The van der Waals surface area contributed by atoms with E-state index in [0.29, 0.717) is 6.54 Å². The van der Waals surface area contributed by atoms with Crippen molar-refractivity contribution in [3.05, 3.63) is 65.7 Å². The summed E-state index contributed by atoms with van der Waals surface area (Å²) >= 11 is 0. The number of carbonyl (C=O) groups is 1. The third-order valence-corrected chi connectivity index (χ3v) is 4.40. The molecule has 24 heavy (non-hydrogen) atoms. The Balaban J connectivity index is 1.67. The SMILES string of the molecule is CN(Cc1ccc(OC(F)F)cc1)C(=O)C1(c2ccccc2)CC1. The Hall–Kier alpha value is -2.43. The first-order valence-corrected chi connectivity index (χ1v) is 7.86. The quantitative estimate of drug-likeness (QED) is 0.801. The summed E-state index contributed by atoms with van der Waals surface area (Å²) in [5, 5.41) is 0. The molecule has 0 radical (unpaired) electrons. The van der Waals surface area contributed by atoms with Crippen LogP contribution in [0.25, 0.3) is 0 Å². The van der Waals surface area contributed by atoms with Gasteiger partial charge < -0.3 is 9.64 Å². The molecule has 2 aromatic rings. The minimum atomic E-state index is -2.83. The molecule has 0 aliphatic heterocycles. The van der Waals surface area contributed by atoms with Crippen LogP contribution in [0.4, 0.5) is 8.78 Å². The van der Waals surface area contributed by atoms with Gasteiger partial charge in [0.2, 0.25) is 5.91 Å². The number of nitrogens with zero attached hydrogens (tertiary/aromatic N) is 1. The van der Waals surface area contributed by atoms with Gasteiger partial charge in [0.1, 0.15) is 5.75 Å². The number of ether oxygens (including phenoxy) is 1. The molecule has 3 nitrogen and oxygen atoms in total. The lowest BCUT2D eigenvalue weighted by Gasteiger charge is -2.24. The minimum Gasteiger partial charge on any atom is -0.435 e. The zero-order valence-corrected chi connectivity index (χ0v) is 13.4. The van der Waals surface area contributed by atoms with E-state index in [0.717, 1.165) is 24.0 Å². The van der Waals surface area contributed by atoms with Crippen LogP contribution in [0.3, 0.4) is 0 Å². The number of alkyl halides is 2. The Morgan fingerprint density at radius 1 is 1.12 bits per heavy atom. The normalized spacial score (nSPS) is 15.2. The van der Waals surface area contributed by atoms with Gasteiger partial charge in [-0.25, -0.2) is 0 Å². The molecule has 126 valence electrons. The van der Waals surface area contributed by atoms with Crippen molar-refractivity contribution in [1.29, 1.82) is 0 Å². The molecule has 1 saturated carbocycles. The molecular formula is C19H19F2NO2. The predicted octanol–water partition coefficient (Wildman–Crippen LogP) is 3.98. The van der Waals surface area contributed by atoms with Crippen molar-refractivity contribution in [1.82, 2.24) is 4.90 Å². The van der Waals surface area contributed by atoms with E-state index in [2.05, 4.69) is 4.74 Å². The lowest BCUT2D eigenvalue weighted by molar-refractivity contribution is -0.133. The first-order chi connectivity index (χ1) is 11.5. The van der Waals surface area contributed by atoms with Gasteiger partial charge in [-0.3, -0.25) is 4.79 Å². The number of hydrogen-bond donors (Lipinski definition) is 0. The van der Waals surface area contributed by atoms with Crippen molar-refractivity contribution in [3.8, 4) is 5.75 Å². The van der Waals surface area contributed by atoms with E-state index in [9.17, 15) is 13.6 Å². The molecule has 0 aromatic heterocycles. The molecule has 0 bridgehead atoms. The van der Waals surface area contributed by atoms with Crippen LogP contribution >= 0.6 is 0 Å². The topological polar surface area (TPSA) is 29.5 Å². The van der Waals surface area contributed by atoms with Crippen LogP contribution in [0, 0.1) is 0 Å². The van der Waals surface area contributed by atoms with Crippen molar-refractivity contribution in [2.45, 2.75) is 31.4 Å². The maximum Gasteiger partial charge on any atom is 0.387 e. The third kappa shape index (κ3) is 3.40. The fraction of sp³-hybridized carbons (Fsp3) is 0.316. The Morgan fingerprint density at radius 2 is 1.75 bits per heavy atom. The van der Waals surface area contributed by atoms with Crippen LogP contribution < -0.4 is 4.74 Å². The molecule has 0 atom stereocenters. The first-order valence-electron chi connectivity index (χ1n) is 7.86. The van der Waals surface area contributed by atoms with E-state index < -0.39 is 12.0 Å². The maximum absolute atomic E-state index is 12.8. The van der Waals surface area contributed by atoms with Gasteiger partial charge in [0.15, 0.2) is 0 Å². The van der Waals surface area contributed by atoms with Crippen LogP contribution in [0.5, 0.6) is 5.75 Å². The number of halogens is 2. The van der Waals surface area contributed by atoms with Gasteiger partial charge in [-0.05, 0) is 36.1 Å². The zero-order chi connectivity index (χ0) is 17.2. The van der Waals surface area contributed by atoms with E-state index in [1.54, 1.807) is 24.1 Å². The van der Waals surface area contributed by atoms with Crippen molar-refractivity contribution in [2.24, 2.45) is 0 Å². The van der Waals surface area contributed by atoms with Crippen LogP contribution in [0.2, 0.25) is 0 Å². The maximum atomic E-state index is 12.8. The second-order valence-electron chi connectivity index (χ2n) is 6.13. The lowest BCUT2D eigenvalue weighted by atomic mass is 9.94. The molecule has 1 amide bonds. The standard InChI is InChI=1S/C19H19F2NO2/c1-22(13-14-7-9-16(10-8-14)24-18(20)21)17(23)19(11-12-19)15-5-3-2-4-6-15/h2-10,18H,11-13H2,1H3. The Bertz CT molecular complexity index is 697. The second-order valence-corrected chi connectivity index (χ2v) is 6.13. The van der Waals surface area contributed by atoms with Crippen LogP contribution in [-0.4, -0.2) is 24.5 Å². The Morgan fingerprint density at radius 3 is 2.29 bits per heavy atom. The van der Waals surface area contributed by atoms with Gasteiger partial charge in [-0.15, -0.1) is 0 Å². The molecular weight excluding hydrogens is 312 g/mol. The third-order valence-electron chi connectivity index (χ3n) is 4.40. The van der Waals surface area contributed by atoms with Crippen molar-refractivity contribution >= 4 is 5.91 Å². The summed E-state index contributed by atoms with van der Waals surface area (Å²) in [6, 6.07) is 16.2. The number of benzene rings is 2. The fourth-order valence-electron chi connectivity index (χ4n) is 3.00. The van der Waals surface area contributed by atoms with Crippen LogP contribution in [0.1, 0.15) is 24.0 Å². The first kappa shape index (κ1) is 16.4. The minimum absolute atomic E-state index is 0.0987. The molecule has 1 fully saturated rings. The van der Waals surface area contributed by atoms with Gasteiger partial charge >= 0.3 is 6.61 Å². The number of carbonyl (C=O) groups excluding carboxylic acids is 1. The Labute approximate surface area is 139 Å². The average molecular weight is 331 g/mol. The fourth-order valence-corrected chi connectivity index (χ4v) is 3.00. The van der Waals surface area contributed by atoms with E-state index in [1.807, 2.05) is 30.3 Å². The molecule has 0 unspecified atom stereocenters. The lowest BCUT2D eigenvalue weighted by Crippen LogP contribution is -2.36. The predicted molar refractivity (Wildman–Crippen MR) is 86.9 cm³/mol. The monoisotopic (exact) mass is 331 g/mol. The summed E-state index contributed by atoms with van der Waals surface area (Å²) < 4.78 is 28.7. The van der Waals surface area contributed by atoms with Gasteiger partial charge in [-0.2, -0.15) is 8.78 Å². The Kier molecular flexibility index (Phi) is 4.51. The summed E-state index contributed by atoms with van der Waals surface area (Å²) in [7, 11) is 1.77. The number of amides is 1. The molecule has 0 saturated heterocycles.